The van der Waals surface area contributed by atoms with Crippen LogP contribution in [0.25, 0.3) is 0 Å². The number of benzene rings is 1. The highest BCUT2D eigenvalue weighted by atomic mass is 32.2. The van der Waals surface area contributed by atoms with Crippen LogP contribution in [0.3, 0.4) is 0 Å². The molecule has 0 fully saturated rings. The van der Waals surface area contributed by atoms with Crippen molar-refractivity contribution >= 4 is 21.5 Å². The fourth-order valence-electron chi connectivity index (χ4n) is 1.14. The zero-order chi connectivity index (χ0) is 11.6. The third-order valence-electron chi connectivity index (χ3n) is 2.13. The quantitative estimate of drug-likeness (QED) is 0.750. The minimum atomic E-state index is -2.78. The van der Waals surface area contributed by atoms with E-state index in [2.05, 4.69) is 5.87 Å². The third-order valence-corrected chi connectivity index (χ3v) is 3.18. The molecule has 0 saturated carbocycles. The SMILES string of the molecule is C=S(N)(=O)c1cccc(C(C)C(=O)O)c1. The van der Waals surface area contributed by atoms with E-state index >= 15 is 0 Å². The first-order valence-electron chi connectivity index (χ1n) is 4.30. The standard InChI is InChI=1S/C10H13NO3S/c1-7(10(12)13)8-4-3-5-9(6-8)15(2,11)14/h3-7H,2H2,1H3,(H2,11,14)(H,12,13). The molecule has 0 aromatic heterocycles. The molecule has 0 aliphatic carbocycles. The molecule has 0 aliphatic rings. The molecule has 0 amide bonds. The maximum atomic E-state index is 11.5. The summed E-state index contributed by atoms with van der Waals surface area (Å²) >= 11 is 0. The van der Waals surface area contributed by atoms with Gasteiger partial charge in [0.2, 0.25) is 0 Å². The maximum Gasteiger partial charge on any atom is 0.310 e. The molecule has 0 aliphatic heterocycles. The monoisotopic (exact) mass is 227 g/mol. The minimum Gasteiger partial charge on any atom is -0.481 e. The maximum absolute atomic E-state index is 11.5. The highest BCUT2D eigenvalue weighted by molar-refractivity contribution is 7.98. The van der Waals surface area contributed by atoms with E-state index in [1.54, 1.807) is 25.1 Å². The molecule has 15 heavy (non-hydrogen) atoms. The molecule has 1 aromatic rings. The summed E-state index contributed by atoms with van der Waals surface area (Å²) in [7, 11) is -2.78. The second kappa shape index (κ2) is 4.04. The smallest absolute Gasteiger partial charge is 0.310 e. The second-order valence-electron chi connectivity index (χ2n) is 3.36. The van der Waals surface area contributed by atoms with Gasteiger partial charge in [-0.25, -0.2) is 4.21 Å². The van der Waals surface area contributed by atoms with Gasteiger partial charge in [-0.05, 0) is 30.5 Å². The fourth-order valence-corrected chi connectivity index (χ4v) is 1.79. The molecule has 0 heterocycles. The van der Waals surface area contributed by atoms with E-state index < -0.39 is 21.6 Å². The van der Waals surface area contributed by atoms with Gasteiger partial charge in [0, 0.05) is 4.90 Å². The molecule has 0 radical (unpaired) electrons. The summed E-state index contributed by atoms with van der Waals surface area (Å²) in [5, 5.41) is 14.2. The van der Waals surface area contributed by atoms with E-state index in [-0.39, 0.29) is 0 Å². The largest absolute Gasteiger partial charge is 0.481 e. The van der Waals surface area contributed by atoms with Gasteiger partial charge in [0.05, 0.1) is 15.6 Å². The summed E-state index contributed by atoms with van der Waals surface area (Å²) < 4.78 is 11.5. The summed E-state index contributed by atoms with van der Waals surface area (Å²) in [6, 6.07) is 6.39. The van der Waals surface area contributed by atoms with Crippen LogP contribution in [0.2, 0.25) is 0 Å². The molecule has 3 N–H and O–H groups in total. The van der Waals surface area contributed by atoms with E-state index in [1.807, 2.05) is 0 Å². The lowest BCUT2D eigenvalue weighted by Crippen LogP contribution is -2.13. The van der Waals surface area contributed by atoms with Gasteiger partial charge in [0.25, 0.3) is 0 Å². The Morgan fingerprint density at radius 2 is 2.20 bits per heavy atom. The number of hydrogen-bond donors (Lipinski definition) is 2. The van der Waals surface area contributed by atoms with Crippen molar-refractivity contribution in [2.75, 3.05) is 0 Å². The normalized spacial score (nSPS) is 16.7. The van der Waals surface area contributed by atoms with E-state index in [0.717, 1.165) is 0 Å². The summed E-state index contributed by atoms with van der Waals surface area (Å²) in [6.07, 6.45) is 0. The van der Waals surface area contributed by atoms with Crippen molar-refractivity contribution in [3.05, 3.63) is 29.8 Å². The van der Waals surface area contributed by atoms with Gasteiger partial charge < -0.3 is 5.11 Å². The second-order valence-corrected chi connectivity index (χ2v) is 5.28. The first-order valence-corrected chi connectivity index (χ1v) is 6.09. The van der Waals surface area contributed by atoms with Gasteiger partial charge in [-0.3, -0.25) is 9.93 Å². The summed E-state index contributed by atoms with van der Waals surface area (Å²) in [5.74, 6) is 1.77. The lowest BCUT2D eigenvalue weighted by atomic mass is 10.0. The Morgan fingerprint density at radius 1 is 1.60 bits per heavy atom. The lowest BCUT2D eigenvalue weighted by molar-refractivity contribution is -0.138. The van der Waals surface area contributed by atoms with Crippen molar-refractivity contribution < 1.29 is 14.1 Å². The van der Waals surface area contributed by atoms with Crippen LogP contribution in [-0.2, 0) is 14.5 Å². The molecule has 0 bridgehead atoms. The van der Waals surface area contributed by atoms with Crippen LogP contribution in [0.5, 0.6) is 0 Å². The van der Waals surface area contributed by atoms with Gasteiger partial charge in [-0.1, -0.05) is 12.1 Å². The van der Waals surface area contributed by atoms with Crippen molar-refractivity contribution in [1.29, 1.82) is 0 Å². The third kappa shape index (κ3) is 2.81. The number of hydrogen-bond acceptors (Lipinski definition) is 2. The Balaban J connectivity index is 3.20. The van der Waals surface area contributed by atoms with E-state index in [4.69, 9.17) is 10.2 Å². The van der Waals surface area contributed by atoms with Crippen molar-refractivity contribution in [3.63, 3.8) is 0 Å². The van der Waals surface area contributed by atoms with Crippen LogP contribution in [-0.4, -0.2) is 21.2 Å². The van der Waals surface area contributed by atoms with Gasteiger partial charge in [0.15, 0.2) is 0 Å². The molecular formula is C10H13NO3S. The lowest BCUT2D eigenvalue weighted by Gasteiger charge is -2.09. The number of carbonyl (C=O) groups is 1. The van der Waals surface area contributed by atoms with Crippen LogP contribution >= 0.6 is 0 Å². The Labute approximate surface area is 88.9 Å². The van der Waals surface area contributed by atoms with Crippen molar-refractivity contribution in [1.82, 2.24) is 0 Å². The van der Waals surface area contributed by atoms with Crippen LogP contribution in [0, 0.1) is 0 Å². The first kappa shape index (κ1) is 11.7. The van der Waals surface area contributed by atoms with E-state index in [0.29, 0.717) is 10.5 Å². The summed E-state index contributed by atoms with van der Waals surface area (Å²) in [6.45, 7) is 1.56. The molecular weight excluding hydrogens is 214 g/mol. The molecule has 0 spiro atoms. The molecule has 2 atom stereocenters. The zero-order valence-corrected chi connectivity index (χ0v) is 9.16. The van der Waals surface area contributed by atoms with Crippen molar-refractivity contribution in [3.8, 4) is 0 Å². The van der Waals surface area contributed by atoms with Crippen LogP contribution in [0.1, 0.15) is 18.4 Å². The van der Waals surface area contributed by atoms with Gasteiger partial charge in [-0.2, -0.15) is 0 Å². The van der Waals surface area contributed by atoms with Gasteiger partial charge >= 0.3 is 5.97 Å². The number of carboxylic acids is 1. The molecule has 1 rings (SSSR count). The predicted molar refractivity (Wildman–Crippen MR) is 60.2 cm³/mol. The molecule has 0 saturated heterocycles. The molecule has 1 aromatic carbocycles. The van der Waals surface area contributed by atoms with Gasteiger partial charge in [-0.15, -0.1) is 0 Å². The zero-order valence-electron chi connectivity index (χ0n) is 8.34. The number of nitrogens with two attached hydrogens (primary N) is 1. The Kier molecular flexibility index (Phi) is 3.16. The number of carboxylic acid groups (broad SMARTS) is 1. The minimum absolute atomic E-state index is 0.369. The van der Waals surface area contributed by atoms with E-state index in [1.165, 1.54) is 6.07 Å². The Hall–Kier alpha value is -1.33. The first-order chi connectivity index (χ1) is 6.82. The predicted octanol–water partition coefficient (Wildman–Crippen LogP) is 0.824. The number of rotatable bonds is 3. The van der Waals surface area contributed by atoms with Crippen LogP contribution < -0.4 is 5.14 Å². The average molecular weight is 227 g/mol. The Morgan fingerprint density at radius 3 is 2.67 bits per heavy atom. The molecule has 82 valence electrons. The molecule has 5 heteroatoms. The fraction of sp³-hybridized carbons (Fsp3) is 0.200. The molecule has 2 unspecified atom stereocenters. The molecule has 4 nitrogen and oxygen atoms in total. The van der Waals surface area contributed by atoms with Crippen LogP contribution in [0.4, 0.5) is 0 Å². The highest BCUT2D eigenvalue weighted by Crippen LogP contribution is 2.18. The van der Waals surface area contributed by atoms with Crippen molar-refractivity contribution in [2.24, 2.45) is 5.14 Å². The Bertz CT molecular complexity index is 479. The summed E-state index contributed by atoms with van der Waals surface area (Å²) in [5.41, 5.74) is 0.571. The van der Waals surface area contributed by atoms with Crippen LogP contribution in [0.15, 0.2) is 29.2 Å². The topological polar surface area (TPSA) is 80.4 Å². The van der Waals surface area contributed by atoms with E-state index in [9.17, 15) is 9.00 Å². The average Bonchev–Trinajstić information content (AvgIpc) is 2.15. The van der Waals surface area contributed by atoms with Crippen molar-refractivity contribution in [2.45, 2.75) is 17.7 Å². The van der Waals surface area contributed by atoms with Gasteiger partial charge in [0.1, 0.15) is 0 Å². The summed E-state index contributed by atoms with van der Waals surface area (Å²) in [4.78, 5) is 11.1. The highest BCUT2D eigenvalue weighted by Gasteiger charge is 2.14. The number of aliphatic carboxylic acids is 1.